The minimum absolute atomic E-state index is 0.103. The molecule has 180 valence electrons. The van der Waals surface area contributed by atoms with Crippen molar-refractivity contribution < 1.29 is 19.4 Å². The van der Waals surface area contributed by atoms with E-state index in [1.54, 1.807) is 30.3 Å². The van der Waals surface area contributed by atoms with E-state index in [1.165, 1.54) is 30.8 Å². The lowest BCUT2D eigenvalue weighted by atomic mass is 10.1. The van der Waals surface area contributed by atoms with Crippen molar-refractivity contribution in [3.63, 3.8) is 0 Å². The molecule has 35 heavy (non-hydrogen) atoms. The molecule has 1 aliphatic heterocycles. The average Bonchev–Trinajstić information content (AvgIpc) is 3.45. The van der Waals surface area contributed by atoms with Crippen LogP contribution in [0.15, 0.2) is 72.8 Å². The Labute approximate surface area is 209 Å². The number of hydrogen-bond donors (Lipinski definition) is 1. The maximum absolute atomic E-state index is 13.3. The van der Waals surface area contributed by atoms with Gasteiger partial charge in [0, 0.05) is 28.7 Å². The van der Waals surface area contributed by atoms with Crippen molar-refractivity contribution in [1.82, 2.24) is 4.90 Å². The molecule has 0 bridgehead atoms. The summed E-state index contributed by atoms with van der Waals surface area (Å²) in [5, 5.41) is 10.7. The maximum atomic E-state index is 13.3. The van der Waals surface area contributed by atoms with Crippen molar-refractivity contribution >= 4 is 27.2 Å². The number of phenols is 1. The Morgan fingerprint density at radius 2 is 1.83 bits per heavy atom. The summed E-state index contributed by atoms with van der Waals surface area (Å²) in [7, 11) is 0. The Balaban J connectivity index is 1.29. The molecule has 0 saturated carbocycles. The predicted octanol–water partition coefficient (Wildman–Crippen LogP) is 6.74. The van der Waals surface area contributed by atoms with E-state index in [0.717, 1.165) is 34.7 Å². The summed E-state index contributed by atoms with van der Waals surface area (Å²) in [5.41, 5.74) is 0.597. The fourth-order valence-electron chi connectivity index (χ4n) is 4.46. The van der Waals surface area contributed by atoms with E-state index < -0.39 is 0 Å². The number of carbonyl (C=O) groups is 1. The van der Waals surface area contributed by atoms with Crippen LogP contribution in [-0.4, -0.2) is 42.0 Å². The van der Waals surface area contributed by atoms with Crippen molar-refractivity contribution in [2.75, 3.05) is 26.2 Å². The van der Waals surface area contributed by atoms with Gasteiger partial charge in [0.25, 0.3) is 0 Å². The lowest BCUT2D eigenvalue weighted by Crippen LogP contribution is -2.22. The number of likely N-dealkylation sites (tertiary alicyclic amines) is 1. The third-order valence-electron chi connectivity index (χ3n) is 6.31. The largest absolute Gasteiger partial charge is 0.508 e. The van der Waals surface area contributed by atoms with Gasteiger partial charge < -0.3 is 19.5 Å². The SMILES string of the molecule is C[C@H]1CCN(CCCOc2ccc(Oc3c(C(=O)c4ccccc4)sc4cc(O)ccc34)cc2)C1. The number of fused-ring (bicyclic) bond motifs is 1. The predicted molar refractivity (Wildman–Crippen MR) is 140 cm³/mol. The van der Waals surface area contributed by atoms with Crippen molar-refractivity contribution in [3.8, 4) is 23.0 Å². The van der Waals surface area contributed by atoms with Crippen LogP contribution < -0.4 is 9.47 Å². The Hall–Kier alpha value is -3.35. The number of carbonyl (C=O) groups excluding carboxylic acids is 1. The van der Waals surface area contributed by atoms with Gasteiger partial charge in [-0.1, -0.05) is 37.3 Å². The van der Waals surface area contributed by atoms with Crippen molar-refractivity contribution in [1.29, 1.82) is 0 Å². The molecular formula is C29H29NO4S. The molecule has 0 aliphatic carbocycles. The first-order valence-electron chi connectivity index (χ1n) is 12.0. The number of hydrogen-bond acceptors (Lipinski definition) is 6. The van der Waals surface area contributed by atoms with Crippen LogP contribution in [0.25, 0.3) is 10.1 Å². The van der Waals surface area contributed by atoms with Gasteiger partial charge in [0.1, 0.15) is 22.1 Å². The van der Waals surface area contributed by atoms with E-state index in [0.29, 0.717) is 28.5 Å². The molecule has 0 unspecified atom stereocenters. The van der Waals surface area contributed by atoms with Gasteiger partial charge in [-0.3, -0.25) is 4.79 Å². The zero-order valence-corrected chi connectivity index (χ0v) is 20.6. The number of nitrogens with zero attached hydrogens (tertiary/aromatic N) is 1. The van der Waals surface area contributed by atoms with Gasteiger partial charge in [-0.15, -0.1) is 11.3 Å². The van der Waals surface area contributed by atoms with Gasteiger partial charge in [-0.25, -0.2) is 0 Å². The molecule has 3 aromatic carbocycles. The molecule has 5 nitrogen and oxygen atoms in total. The van der Waals surface area contributed by atoms with E-state index in [9.17, 15) is 9.90 Å². The minimum atomic E-state index is -0.103. The van der Waals surface area contributed by atoms with Gasteiger partial charge in [0.15, 0.2) is 5.75 Å². The van der Waals surface area contributed by atoms with Crippen molar-refractivity contribution in [2.45, 2.75) is 19.8 Å². The molecule has 5 rings (SSSR count). The Morgan fingerprint density at radius 3 is 2.57 bits per heavy atom. The third kappa shape index (κ3) is 5.50. The molecule has 1 fully saturated rings. The number of ketones is 1. The van der Waals surface area contributed by atoms with E-state index in [-0.39, 0.29) is 11.5 Å². The van der Waals surface area contributed by atoms with E-state index in [4.69, 9.17) is 9.47 Å². The summed E-state index contributed by atoms with van der Waals surface area (Å²) in [6.07, 6.45) is 2.30. The van der Waals surface area contributed by atoms with Crippen LogP contribution in [0, 0.1) is 5.92 Å². The molecule has 0 amide bonds. The molecule has 1 atom stereocenters. The van der Waals surface area contributed by atoms with Gasteiger partial charge >= 0.3 is 0 Å². The van der Waals surface area contributed by atoms with Crippen LogP contribution in [-0.2, 0) is 0 Å². The summed E-state index contributed by atoms with van der Waals surface area (Å²) in [6.45, 7) is 6.45. The highest BCUT2D eigenvalue weighted by molar-refractivity contribution is 7.21. The zero-order valence-electron chi connectivity index (χ0n) is 19.8. The number of benzene rings is 3. The second-order valence-corrected chi connectivity index (χ2v) is 10.2. The maximum Gasteiger partial charge on any atom is 0.206 e. The number of thiophene rings is 1. The number of ether oxygens (including phenoxy) is 2. The minimum Gasteiger partial charge on any atom is -0.508 e. The van der Waals surface area contributed by atoms with Gasteiger partial charge in [0.2, 0.25) is 5.78 Å². The summed E-state index contributed by atoms with van der Waals surface area (Å²) >= 11 is 1.32. The van der Waals surface area contributed by atoms with E-state index >= 15 is 0 Å². The highest BCUT2D eigenvalue weighted by Gasteiger charge is 2.22. The smallest absolute Gasteiger partial charge is 0.206 e. The first-order valence-corrected chi connectivity index (χ1v) is 12.9. The first kappa shape index (κ1) is 23.4. The van der Waals surface area contributed by atoms with Crippen molar-refractivity contribution in [3.05, 3.63) is 83.2 Å². The highest BCUT2D eigenvalue weighted by Crippen LogP contribution is 2.42. The van der Waals surface area contributed by atoms with Crippen LogP contribution in [0.5, 0.6) is 23.0 Å². The summed E-state index contributed by atoms with van der Waals surface area (Å²) in [4.78, 5) is 16.3. The van der Waals surface area contributed by atoms with Crippen molar-refractivity contribution in [2.24, 2.45) is 5.92 Å². The number of aromatic hydroxyl groups is 1. The van der Waals surface area contributed by atoms with Crippen LogP contribution in [0.4, 0.5) is 0 Å². The lowest BCUT2D eigenvalue weighted by Gasteiger charge is -2.15. The van der Waals surface area contributed by atoms with Gasteiger partial charge in [-0.05, 0) is 67.8 Å². The molecule has 1 N–H and O–H groups in total. The third-order valence-corrected chi connectivity index (χ3v) is 7.44. The molecule has 0 radical (unpaired) electrons. The second-order valence-electron chi connectivity index (χ2n) is 9.11. The Morgan fingerprint density at radius 1 is 1.06 bits per heavy atom. The summed E-state index contributed by atoms with van der Waals surface area (Å²) in [6, 6.07) is 21.7. The topological polar surface area (TPSA) is 59.0 Å². The first-order chi connectivity index (χ1) is 17.1. The fourth-order valence-corrected chi connectivity index (χ4v) is 5.59. The fraction of sp³-hybridized carbons (Fsp3) is 0.276. The van der Waals surface area contributed by atoms with Crippen LogP contribution in [0.3, 0.4) is 0 Å². The summed E-state index contributed by atoms with van der Waals surface area (Å²) < 4.78 is 13.0. The molecular weight excluding hydrogens is 458 g/mol. The zero-order chi connectivity index (χ0) is 24.2. The quantitative estimate of drug-likeness (QED) is 0.209. The van der Waals surface area contributed by atoms with Crippen LogP contribution in [0.2, 0.25) is 0 Å². The molecule has 4 aromatic rings. The normalized spacial score (nSPS) is 16.0. The standard InChI is InChI=1S/C29H29NO4S/c1-20-14-16-30(19-20)15-5-17-33-23-9-11-24(12-10-23)34-28-25-13-8-22(31)18-26(25)35-29(28)27(32)21-6-3-2-4-7-21/h2-4,6-13,18,20,31H,5,14-17,19H2,1H3/t20-/m0/s1. The summed E-state index contributed by atoms with van der Waals surface area (Å²) in [5.74, 6) is 2.79. The Kier molecular flexibility index (Phi) is 7.02. The van der Waals surface area contributed by atoms with Gasteiger partial charge in [-0.2, -0.15) is 0 Å². The molecule has 0 spiro atoms. The van der Waals surface area contributed by atoms with E-state index in [1.807, 2.05) is 42.5 Å². The molecule has 6 heteroatoms. The molecule has 1 aromatic heterocycles. The van der Waals surface area contributed by atoms with Gasteiger partial charge in [0.05, 0.1) is 6.61 Å². The lowest BCUT2D eigenvalue weighted by molar-refractivity contribution is 0.104. The second kappa shape index (κ2) is 10.5. The van der Waals surface area contributed by atoms with Crippen LogP contribution >= 0.6 is 11.3 Å². The molecule has 2 heterocycles. The number of rotatable bonds is 9. The van der Waals surface area contributed by atoms with E-state index in [2.05, 4.69) is 11.8 Å². The molecule has 1 saturated heterocycles. The Bertz CT molecular complexity index is 1300. The number of phenolic OH excluding ortho intramolecular Hbond substituents is 1. The van der Waals surface area contributed by atoms with Crippen LogP contribution in [0.1, 0.15) is 35.0 Å². The molecule has 1 aliphatic rings. The monoisotopic (exact) mass is 487 g/mol. The average molecular weight is 488 g/mol. The highest BCUT2D eigenvalue weighted by atomic mass is 32.1.